The maximum absolute atomic E-state index is 12.3. The Kier molecular flexibility index (Phi) is 5.52. The number of thioether (sulfide) groups is 1. The zero-order valence-electron chi connectivity index (χ0n) is 13.1. The Hall–Kier alpha value is -1.47. The molecule has 0 spiro atoms. The van der Waals surface area contributed by atoms with Crippen molar-refractivity contribution in [2.24, 2.45) is 11.7 Å². The van der Waals surface area contributed by atoms with Crippen LogP contribution in [0.1, 0.15) is 20.8 Å². The van der Waals surface area contributed by atoms with Gasteiger partial charge in [0.15, 0.2) is 0 Å². The second-order valence-electron chi connectivity index (χ2n) is 5.15. The molecule has 2 aliphatic heterocycles. The van der Waals surface area contributed by atoms with Crippen molar-refractivity contribution in [2.75, 3.05) is 26.3 Å². The molecule has 2 aliphatic rings. The van der Waals surface area contributed by atoms with Gasteiger partial charge in [-0.1, -0.05) is 11.8 Å². The minimum Gasteiger partial charge on any atom is -0.501 e. The van der Waals surface area contributed by atoms with Gasteiger partial charge in [-0.15, -0.1) is 0 Å². The standard InChI is InChI=1S/C15H22N2O4S/c1-4-20-8-12-14(15(19)21-5-2)13-10(16)6-17(9(3)18)7-11(13)22-12/h8,10,14H,4-7,16H2,1-3H3. The maximum Gasteiger partial charge on any atom is 0.318 e. The molecule has 6 nitrogen and oxygen atoms in total. The van der Waals surface area contributed by atoms with E-state index < -0.39 is 5.92 Å². The fraction of sp³-hybridized carbons (Fsp3) is 0.600. The van der Waals surface area contributed by atoms with Crippen molar-refractivity contribution in [3.8, 4) is 0 Å². The number of esters is 1. The molecule has 122 valence electrons. The van der Waals surface area contributed by atoms with Gasteiger partial charge in [-0.2, -0.15) is 0 Å². The van der Waals surface area contributed by atoms with E-state index >= 15 is 0 Å². The Morgan fingerprint density at radius 1 is 1.41 bits per heavy atom. The minimum absolute atomic E-state index is 0.0162. The molecule has 0 aliphatic carbocycles. The smallest absolute Gasteiger partial charge is 0.318 e. The van der Waals surface area contributed by atoms with Crippen LogP contribution < -0.4 is 5.73 Å². The van der Waals surface area contributed by atoms with Gasteiger partial charge in [0.1, 0.15) is 5.92 Å². The second-order valence-corrected chi connectivity index (χ2v) is 6.32. The van der Waals surface area contributed by atoms with Gasteiger partial charge in [0.2, 0.25) is 5.91 Å². The van der Waals surface area contributed by atoms with Gasteiger partial charge in [-0.05, 0) is 19.4 Å². The summed E-state index contributed by atoms with van der Waals surface area (Å²) >= 11 is 1.46. The Morgan fingerprint density at radius 3 is 2.73 bits per heavy atom. The van der Waals surface area contributed by atoms with E-state index in [1.807, 2.05) is 6.92 Å². The van der Waals surface area contributed by atoms with Crippen LogP contribution in [0.25, 0.3) is 0 Å². The summed E-state index contributed by atoms with van der Waals surface area (Å²) < 4.78 is 10.5. The van der Waals surface area contributed by atoms with Crippen LogP contribution in [0.15, 0.2) is 21.6 Å². The molecule has 0 radical (unpaired) electrons. The third-order valence-corrected chi connectivity index (χ3v) is 4.82. The van der Waals surface area contributed by atoms with Gasteiger partial charge < -0.3 is 20.1 Å². The van der Waals surface area contributed by atoms with Crippen molar-refractivity contribution in [1.29, 1.82) is 0 Å². The van der Waals surface area contributed by atoms with E-state index in [9.17, 15) is 9.59 Å². The maximum atomic E-state index is 12.3. The van der Waals surface area contributed by atoms with Gasteiger partial charge >= 0.3 is 5.97 Å². The quantitative estimate of drug-likeness (QED) is 0.618. The molecular weight excluding hydrogens is 304 g/mol. The molecule has 0 bridgehead atoms. The molecule has 1 amide bonds. The van der Waals surface area contributed by atoms with Crippen LogP contribution in [-0.4, -0.2) is 49.1 Å². The highest BCUT2D eigenvalue weighted by Crippen LogP contribution is 2.48. The zero-order valence-corrected chi connectivity index (χ0v) is 13.9. The molecule has 0 aromatic rings. The van der Waals surface area contributed by atoms with Crippen LogP contribution >= 0.6 is 11.8 Å². The minimum atomic E-state index is -0.504. The monoisotopic (exact) mass is 326 g/mol. The van der Waals surface area contributed by atoms with Crippen molar-refractivity contribution in [1.82, 2.24) is 4.90 Å². The molecule has 2 atom stereocenters. The summed E-state index contributed by atoms with van der Waals surface area (Å²) in [6, 6.07) is -0.359. The van der Waals surface area contributed by atoms with Gasteiger partial charge in [0.25, 0.3) is 0 Å². The number of ether oxygens (including phenoxy) is 2. The van der Waals surface area contributed by atoms with Crippen LogP contribution in [0.3, 0.4) is 0 Å². The van der Waals surface area contributed by atoms with Gasteiger partial charge in [-0.25, -0.2) is 0 Å². The number of nitrogens with two attached hydrogens (primary N) is 1. The summed E-state index contributed by atoms with van der Waals surface area (Å²) in [6.07, 6.45) is 1.61. The second kappa shape index (κ2) is 7.19. The van der Waals surface area contributed by atoms with Crippen LogP contribution in [-0.2, 0) is 19.1 Å². The molecule has 0 saturated carbocycles. The van der Waals surface area contributed by atoms with Gasteiger partial charge in [-0.3, -0.25) is 9.59 Å². The number of amides is 1. The zero-order chi connectivity index (χ0) is 16.3. The first-order chi connectivity index (χ1) is 10.5. The van der Waals surface area contributed by atoms with E-state index in [2.05, 4.69) is 0 Å². The number of hydrogen-bond donors (Lipinski definition) is 1. The Labute approximate surface area is 134 Å². The summed E-state index contributed by atoms with van der Waals surface area (Å²) in [5.41, 5.74) is 7.09. The number of hydrogen-bond acceptors (Lipinski definition) is 6. The Morgan fingerprint density at radius 2 is 2.14 bits per heavy atom. The van der Waals surface area contributed by atoms with Crippen LogP contribution in [0, 0.1) is 5.92 Å². The lowest BCUT2D eigenvalue weighted by atomic mass is 9.90. The molecule has 2 heterocycles. The van der Waals surface area contributed by atoms with Crippen LogP contribution in [0.4, 0.5) is 0 Å². The third-order valence-electron chi connectivity index (χ3n) is 3.64. The normalized spacial score (nSPS) is 26.2. The summed E-state index contributed by atoms with van der Waals surface area (Å²) in [5, 5.41) is 0. The first-order valence-electron chi connectivity index (χ1n) is 7.39. The molecule has 7 heteroatoms. The number of carbonyl (C=O) groups excluding carboxylic acids is 2. The van der Waals surface area contributed by atoms with Crippen molar-refractivity contribution >= 4 is 23.6 Å². The summed E-state index contributed by atoms with van der Waals surface area (Å²) in [5.74, 6) is -0.828. The molecular formula is C15H22N2O4S. The molecule has 0 fully saturated rings. The van der Waals surface area contributed by atoms with E-state index in [1.165, 1.54) is 18.7 Å². The fourth-order valence-corrected chi connectivity index (χ4v) is 4.01. The SMILES string of the molecule is CCOC=C1SC2=C(C(N)CN(C(C)=O)C2)C1C(=O)OCC. The number of nitrogens with zero attached hydrogens (tertiary/aromatic N) is 1. The molecule has 22 heavy (non-hydrogen) atoms. The Balaban J connectivity index is 2.33. The number of rotatable bonds is 4. The molecule has 0 aromatic heterocycles. The van der Waals surface area contributed by atoms with E-state index in [4.69, 9.17) is 15.2 Å². The molecule has 2 N–H and O–H groups in total. The first kappa shape index (κ1) is 16.9. The van der Waals surface area contributed by atoms with Gasteiger partial charge in [0, 0.05) is 29.3 Å². The highest BCUT2D eigenvalue weighted by molar-refractivity contribution is 8.07. The molecule has 0 saturated heterocycles. The van der Waals surface area contributed by atoms with Crippen molar-refractivity contribution in [2.45, 2.75) is 26.8 Å². The number of carbonyl (C=O) groups is 2. The lowest BCUT2D eigenvalue weighted by Gasteiger charge is -2.32. The first-order valence-corrected chi connectivity index (χ1v) is 8.21. The lowest BCUT2D eigenvalue weighted by molar-refractivity contribution is -0.145. The van der Waals surface area contributed by atoms with E-state index in [0.29, 0.717) is 26.3 Å². The van der Waals surface area contributed by atoms with Crippen LogP contribution in [0.5, 0.6) is 0 Å². The van der Waals surface area contributed by atoms with Gasteiger partial charge in [0.05, 0.1) is 26.0 Å². The van der Waals surface area contributed by atoms with Crippen molar-refractivity contribution in [3.63, 3.8) is 0 Å². The topological polar surface area (TPSA) is 81.9 Å². The lowest BCUT2D eigenvalue weighted by Crippen LogP contribution is -2.47. The van der Waals surface area contributed by atoms with Crippen molar-refractivity contribution < 1.29 is 19.1 Å². The van der Waals surface area contributed by atoms with E-state index in [0.717, 1.165) is 15.4 Å². The van der Waals surface area contributed by atoms with Crippen molar-refractivity contribution in [3.05, 3.63) is 21.6 Å². The summed E-state index contributed by atoms with van der Waals surface area (Å²) in [4.78, 5) is 27.4. The average molecular weight is 326 g/mol. The van der Waals surface area contributed by atoms with E-state index in [-0.39, 0.29) is 17.9 Å². The van der Waals surface area contributed by atoms with E-state index in [1.54, 1.807) is 18.1 Å². The highest BCUT2D eigenvalue weighted by Gasteiger charge is 2.43. The predicted molar refractivity (Wildman–Crippen MR) is 84.7 cm³/mol. The molecule has 2 rings (SSSR count). The molecule has 2 unspecified atom stereocenters. The highest BCUT2D eigenvalue weighted by atomic mass is 32.2. The summed E-state index contributed by atoms with van der Waals surface area (Å²) in [6.45, 7) is 6.94. The predicted octanol–water partition coefficient (Wildman–Crippen LogP) is 1.23. The largest absolute Gasteiger partial charge is 0.501 e. The average Bonchev–Trinajstić information content (AvgIpc) is 2.84. The third kappa shape index (κ3) is 3.30. The van der Waals surface area contributed by atoms with Crippen LogP contribution in [0.2, 0.25) is 0 Å². The fourth-order valence-electron chi connectivity index (χ4n) is 2.66. The Bertz CT molecular complexity index is 530. The summed E-state index contributed by atoms with van der Waals surface area (Å²) in [7, 11) is 0. The molecule has 0 aromatic carbocycles.